The third-order valence-corrected chi connectivity index (χ3v) is 1.87. The maximum atomic E-state index is 10.7. The van der Waals surface area contributed by atoms with Crippen LogP contribution in [0.1, 0.15) is 13.8 Å². The van der Waals surface area contributed by atoms with Crippen LogP contribution in [-0.2, 0) is 4.79 Å². The van der Waals surface area contributed by atoms with E-state index in [4.69, 9.17) is 0 Å². The van der Waals surface area contributed by atoms with Gasteiger partial charge >= 0.3 is 0 Å². The van der Waals surface area contributed by atoms with Gasteiger partial charge in [-0.2, -0.15) is 0 Å². The summed E-state index contributed by atoms with van der Waals surface area (Å²) in [5, 5.41) is 2.78. The summed E-state index contributed by atoms with van der Waals surface area (Å²) in [6, 6.07) is 0. The number of nitrogens with one attached hydrogen (secondary N) is 1. The van der Waals surface area contributed by atoms with Crippen molar-refractivity contribution in [2.75, 3.05) is 6.54 Å². The van der Waals surface area contributed by atoms with Gasteiger partial charge in [-0.25, -0.2) is 0 Å². The summed E-state index contributed by atoms with van der Waals surface area (Å²) < 4.78 is 0. The molecule has 1 aliphatic rings. The molecule has 1 N–H and O–H groups in total. The molecule has 0 aromatic carbocycles. The standard InChI is InChI=1S/C6H11NO/c1-4-3-7-6(8)5(4)2/h4-5H,3H2,1-2H3,(H,7,8)/t4-,5-/m0/s1. The predicted octanol–water partition coefficient (Wildman–Crippen LogP) is 0.388. The first-order valence-electron chi connectivity index (χ1n) is 2.99. The highest BCUT2D eigenvalue weighted by Gasteiger charge is 2.26. The van der Waals surface area contributed by atoms with Crippen molar-refractivity contribution < 1.29 is 4.79 Å². The molecule has 0 spiro atoms. The van der Waals surface area contributed by atoms with Gasteiger partial charge in [-0.3, -0.25) is 4.79 Å². The highest BCUT2D eigenvalue weighted by Crippen LogP contribution is 2.14. The van der Waals surface area contributed by atoms with Crippen molar-refractivity contribution in [1.29, 1.82) is 0 Å². The van der Waals surface area contributed by atoms with E-state index in [9.17, 15) is 4.79 Å². The fourth-order valence-corrected chi connectivity index (χ4v) is 0.858. The molecule has 1 aliphatic heterocycles. The summed E-state index contributed by atoms with van der Waals surface area (Å²) in [6.07, 6.45) is 0. The Morgan fingerprint density at radius 1 is 1.62 bits per heavy atom. The summed E-state index contributed by atoms with van der Waals surface area (Å²) in [5.74, 6) is 0.968. The first kappa shape index (κ1) is 5.60. The zero-order chi connectivity index (χ0) is 6.15. The maximum absolute atomic E-state index is 10.7. The van der Waals surface area contributed by atoms with Crippen molar-refractivity contribution in [3.05, 3.63) is 0 Å². The predicted molar refractivity (Wildman–Crippen MR) is 31.3 cm³/mol. The van der Waals surface area contributed by atoms with E-state index in [0.29, 0.717) is 5.92 Å². The van der Waals surface area contributed by atoms with Gasteiger partial charge in [-0.05, 0) is 5.92 Å². The van der Waals surface area contributed by atoms with Crippen LogP contribution in [0.15, 0.2) is 0 Å². The molecule has 46 valence electrons. The molecule has 0 aromatic heterocycles. The summed E-state index contributed by atoms with van der Waals surface area (Å²) >= 11 is 0. The molecule has 0 unspecified atom stereocenters. The topological polar surface area (TPSA) is 29.1 Å². The molecule has 2 heteroatoms. The van der Waals surface area contributed by atoms with Crippen molar-refractivity contribution >= 4 is 5.91 Å². The van der Waals surface area contributed by atoms with Crippen molar-refractivity contribution in [2.24, 2.45) is 11.8 Å². The van der Waals surface area contributed by atoms with Crippen molar-refractivity contribution in [1.82, 2.24) is 5.32 Å². The number of carbonyl (C=O) groups excluding carboxylic acids is 1. The Morgan fingerprint density at radius 2 is 2.25 bits per heavy atom. The van der Waals surface area contributed by atoms with E-state index in [0.717, 1.165) is 6.54 Å². The number of carbonyl (C=O) groups is 1. The van der Waals surface area contributed by atoms with Gasteiger partial charge in [-0.15, -0.1) is 0 Å². The lowest BCUT2D eigenvalue weighted by Crippen LogP contribution is -2.16. The van der Waals surface area contributed by atoms with Gasteiger partial charge < -0.3 is 5.32 Å². The van der Waals surface area contributed by atoms with E-state index in [1.165, 1.54) is 0 Å². The van der Waals surface area contributed by atoms with Crippen molar-refractivity contribution in [3.8, 4) is 0 Å². The summed E-state index contributed by atoms with van der Waals surface area (Å²) in [4.78, 5) is 10.7. The summed E-state index contributed by atoms with van der Waals surface area (Å²) in [5.41, 5.74) is 0. The largest absolute Gasteiger partial charge is 0.356 e. The minimum absolute atomic E-state index is 0.206. The molecule has 8 heavy (non-hydrogen) atoms. The van der Waals surface area contributed by atoms with E-state index in [2.05, 4.69) is 12.2 Å². The average Bonchev–Trinajstić information content (AvgIpc) is 1.98. The molecule has 1 amide bonds. The fourth-order valence-electron chi connectivity index (χ4n) is 0.858. The van der Waals surface area contributed by atoms with E-state index >= 15 is 0 Å². The lowest BCUT2D eigenvalue weighted by Gasteiger charge is -2.00. The molecule has 0 saturated carbocycles. The Bertz CT molecular complexity index is 111. The van der Waals surface area contributed by atoms with Gasteiger partial charge in [-0.1, -0.05) is 13.8 Å². The Morgan fingerprint density at radius 3 is 2.38 bits per heavy atom. The lowest BCUT2D eigenvalue weighted by molar-refractivity contribution is -0.122. The second kappa shape index (κ2) is 1.77. The smallest absolute Gasteiger partial charge is 0.223 e. The van der Waals surface area contributed by atoms with Crippen molar-refractivity contribution in [2.45, 2.75) is 13.8 Å². The van der Waals surface area contributed by atoms with E-state index in [1.54, 1.807) is 0 Å². The molecule has 0 aliphatic carbocycles. The van der Waals surface area contributed by atoms with E-state index in [1.807, 2.05) is 6.92 Å². The van der Waals surface area contributed by atoms with E-state index < -0.39 is 0 Å². The number of amides is 1. The van der Waals surface area contributed by atoms with Crippen LogP contribution in [0.3, 0.4) is 0 Å². The third-order valence-electron chi connectivity index (χ3n) is 1.87. The normalized spacial score (nSPS) is 37.5. The Balaban J connectivity index is 2.56. The highest BCUT2D eigenvalue weighted by molar-refractivity contribution is 5.80. The van der Waals surface area contributed by atoms with Gasteiger partial charge in [0.05, 0.1) is 0 Å². The van der Waals surface area contributed by atoms with Crippen LogP contribution < -0.4 is 5.32 Å². The van der Waals surface area contributed by atoms with Crippen LogP contribution >= 0.6 is 0 Å². The van der Waals surface area contributed by atoms with Gasteiger partial charge in [0.25, 0.3) is 0 Å². The quantitative estimate of drug-likeness (QED) is 0.483. The molecule has 0 bridgehead atoms. The Hall–Kier alpha value is -0.530. The van der Waals surface area contributed by atoms with Gasteiger partial charge in [0.1, 0.15) is 0 Å². The highest BCUT2D eigenvalue weighted by atomic mass is 16.2. The van der Waals surface area contributed by atoms with Gasteiger partial charge in [0.15, 0.2) is 0 Å². The third kappa shape index (κ3) is 0.703. The number of hydrogen-bond donors (Lipinski definition) is 1. The minimum atomic E-state index is 0.206. The molecule has 2 atom stereocenters. The zero-order valence-corrected chi connectivity index (χ0v) is 5.27. The molecule has 1 fully saturated rings. The monoisotopic (exact) mass is 113 g/mol. The molecule has 1 saturated heterocycles. The Labute approximate surface area is 49.3 Å². The fraction of sp³-hybridized carbons (Fsp3) is 0.833. The molecular formula is C6H11NO. The van der Waals surface area contributed by atoms with Crippen LogP contribution in [0, 0.1) is 11.8 Å². The van der Waals surface area contributed by atoms with Crippen LogP contribution in [-0.4, -0.2) is 12.5 Å². The summed E-state index contributed by atoms with van der Waals surface area (Å²) in [6.45, 7) is 4.91. The van der Waals surface area contributed by atoms with Crippen LogP contribution in [0.2, 0.25) is 0 Å². The lowest BCUT2D eigenvalue weighted by atomic mass is 10.0. The number of rotatable bonds is 0. The zero-order valence-electron chi connectivity index (χ0n) is 5.27. The average molecular weight is 113 g/mol. The second-order valence-corrected chi connectivity index (χ2v) is 2.51. The first-order chi connectivity index (χ1) is 3.72. The SMILES string of the molecule is C[C@@H]1C(=O)NC[C@@H]1C. The van der Waals surface area contributed by atoms with Crippen molar-refractivity contribution in [3.63, 3.8) is 0 Å². The van der Waals surface area contributed by atoms with E-state index in [-0.39, 0.29) is 11.8 Å². The first-order valence-corrected chi connectivity index (χ1v) is 2.99. The van der Waals surface area contributed by atoms with Crippen LogP contribution in [0.4, 0.5) is 0 Å². The summed E-state index contributed by atoms with van der Waals surface area (Å²) in [7, 11) is 0. The van der Waals surface area contributed by atoms with Crippen LogP contribution in [0.25, 0.3) is 0 Å². The molecule has 2 nitrogen and oxygen atoms in total. The minimum Gasteiger partial charge on any atom is -0.356 e. The maximum Gasteiger partial charge on any atom is 0.223 e. The molecule has 0 radical (unpaired) electrons. The molecule has 0 aromatic rings. The molecule has 1 heterocycles. The molecule has 1 rings (SSSR count). The van der Waals surface area contributed by atoms with Crippen LogP contribution in [0.5, 0.6) is 0 Å². The van der Waals surface area contributed by atoms with Gasteiger partial charge in [0.2, 0.25) is 5.91 Å². The second-order valence-electron chi connectivity index (χ2n) is 2.51. The molecular weight excluding hydrogens is 102 g/mol. The van der Waals surface area contributed by atoms with Gasteiger partial charge in [0, 0.05) is 12.5 Å². The Kier molecular flexibility index (Phi) is 1.24. The number of hydrogen-bond acceptors (Lipinski definition) is 1.